The lowest BCUT2D eigenvalue weighted by atomic mass is 10.1. The first-order chi connectivity index (χ1) is 9.40. The van der Waals surface area contributed by atoms with Gasteiger partial charge in [0.15, 0.2) is 5.69 Å². The molecule has 0 aliphatic carbocycles. The van der Waals surface area contributed by atoms with Crippen molar-refractivity contribution < 1.29 is 19.1 Å². The minimum Gasteiger partial charge on any atom is -0.469 e. The highest BCUT2D eigenvalue weighted by atomic mass is 16.5. The fourth-order valence-electron chi connectivity index (χ4n) is 1.47. The fraction of sp³-hybridized carbons (Fsp3) is 0.500. The van der Waals surface area contributed by atoms with Crippen LogP contribution in [0.25, 0.3) is 0 Å². The molecule has 8 heteroatoms. The Morgan fingerprint density at radius 3 is 2.55 bits per heavy atom. The summed E-state index contributed by atoms with van der Waals surface area (Å²) in [5.41, 5.74) is 12.0. The van der Waals surface area contributed by atoms with Crippen molar-refractivity contribution in [1.29, 1.82) is 0 Å². The van der Waals surface area contributed by atoms with Crippen LogP contribution in [0.5, 0.6) is 0 Å². The highest BCUT2D eigenvalue weighted by Crippen LogP contribution is 2.18. The van der Waals surface area contributed by atoms with Crippen LogP contribution in [-0.2, 0) is 14.3 Å². The zero-order valence-corrected chi connectivity index (χ0v) is 11.7. The van der Waals surface area contributed by atoms with Crippen LogP contribution in [0, 0.1) is 6.92 Å². The Morgan fingerprint density at radius 2 is 2.00 bits per heavy atom. The van der Waals surface area contributed by atoms with Gasteiger partial charge >= 0.3 is 11.9 Å². The summed E-state index contributed by atoms with van der Waals surface area (Å²) in [6, 6.07) is -0.807. The van der Waals surface area contributed by atoms with Gasteiger partial charge in [-0.25, -0.2) is 14.8 Å². The van der Waals surface area contributed by atoms with Gasteiger partial charge in [-0.05, 0) is 13.8 Å². The first kappa shape index (κ1) is 15.8. The molecule has 1 aromatic rings. The van der Waals surface area contributed by atoms with E-state index in [2.05, 4.69) is 14.7 Å². The average Bonchev–Trinajstić information content (AvgIpc) is 2.41. The molecule has 0 saturated carbocycles. The number of esters is 2. The maximum absolute atomic E-state index is 11.8. The van der Waals surface area contributed by atoms with Crippen molar-refractivity contribution in [3.05, 3.63) is 17.1 Å². The summed E-state index contributed by atoms with van der Waals surface area (Å²) in [6.07, 6.45) is -0.110. The summed E-state index contributed by atoms with van der Waals surface area (Å²) < 4.78 is 9.40. The lowest BCUT2D eigenvalue weighted by molar-refractivity contribution is -0.141. The summed E-state index contributed by atoms with van der Waals surface area (Å²) in [5.74, 6) is -0.886. The number of anilines is 1. The summed E-state index contributed by atoms with van der Waals surface area (Å²) in [4.78, 5) is 31.0. The van der Waals surface area contributed by atoms with Crippen molar-refractivity contribution in [2.45, 2.75) is 26.3 Å². The van der Waals surface area contributed by atoms with E-state index in [1.807, 2.05) is 0 Å². The van der Waals surface area contributed by atoms with Crippen molar-refractivity contribution in [2.24, 2.45) is 5.73 Å². The van der Waals surface area contributed by atoms with E-state index in [1.165, 1.54) is 7.11 Å². The quantitative estimate of drug-likeness (QED) is 0.727. The Bertz CT molecular complexity index is 518. The molecule has 1 heterocycles. The second-order valence-corrected chi connectivity index (χ2v) is 4.05. The molecule has 20 heavy (non-hydrogen) atoms. The smallest absolute Gasteiger partial charge is 0.357 e. The minimum atomic E-state index is -0.807. The van der Waals surface area contributed by atoms with E-state index in [1.54, 1.807) is 13.8 Å². The Balaban J connectivity index is 3.10. The summed E-state index contributed by atoms with van der Waals surface area (Å²) >= 11 is 0. The summed E-state index contributed by atoms with van der Waals surface area (Å²) in [7, 11) is 1.25. The fourth-order valence-corrected chi connectivity index (χ4v) is 1.47. The topological polar surface area (TPSA) is 130 Å². The first-order valence-corrected chi connectivity index (χ1v) is 6.04. The maximum Gasteiger partial charge on any atom is 0.357 e. The lowest BCUT2D eigenvalue weighted by Gasteiger charge is -2.13. The maximum atomic E-state index is 11.8. The molecular formula is C12H18N4O4. The molecule has 1 aromatic heterocycles. The van der Waals surface area contributed by atoms with Crippen LogP contribution in [0.15, 0.2) is 0 Å². The van der Waals surface area contributed by atoms with Gasteiger partial charge < -0.3 is 20.9 Å². The molecule has 0 bridgehead atoms. The summed E-state index contributed by atoms with van der Waals surface area (Å²) in [5, 5.41) is 0. The first-order valence-electron chi connectivity index (χ1n) is 6.04. The van der Waals surface area contributed by atoms with E-state index in [-0.39, 0.29) is 30.4 Å². The number of carbonyl (C=O) groups excluding carboxylic acids is 2. The molecule has 0 amide bonds. The van der Waals surface area contributed by atoms with Crippen LogP contribution in [0.3, 0.4) is 0 Å². The molecule has 110 valence electrons. The molecule has 0 radical (unpaired) electrons. The third kappa shape index (κ3) is 3.64. The van der Waals surface area contributed by atoms with Gasteiger partial charge in [-0.2, -0.15) is 0 Å². The predicted molar refractivity (Wildman–Crippen MR) is 70.7 cm³/mol. The molecule has 0 aliphatic rings. The van der Waals surface area contributed by atoms with E-state index >= 15 is 0 Å². The number of ether oxygens (including phenoxy) is 2. The number of hydrogen-bond acceptors (Lipinski definition) is 8. The zero-order valence-electron chi connectivity index (χ0n) is 11.7. The molecule has 0 spiro atoms. The van der Waals surface area contributed by atoms with Crippen LogP contribution in [-0.4, -0.2) is 35.6 Å². The second kappa shape index (κ2) is 6.80. The van der Waals surface area contributed by atoms with Crippen LogP contribution in [0.2, 0.25) is 0 Å². The molecular weight excluding hydrogens is 264 g/mol. The molecule has 1 rings (SSSR count). The lowest BCUT2D eigenvalue weighted by Crippen LogP contribution is -2.22. The van der Waals surface area contributed by atoms with E-state index in [9.17, 15) is 9.59 Å². The van der Waals surface area contributed by atoms with Crippen molar-refractivity contribution in [3.8, 4) is 0 Å². The highest BCUT2D eigenvalue weighted by Gasteiger charge is 2.21. The van der Waals surface area contributed by atoms with Crippen LogP contribution < -0.4 is 11.5 Å². The third-order valence-corrected chi connectivity index (χ3v) is 2.62. The third-order valence-electron chi connectivity index (χ3n) is 2.62. The predicted octanol–water partition coefficient (Wildman–Crippen LogP) is 0.107. The Labute approximate surface area is 116 Å². The van der Waals surface area contributed by atoms with Crippen LogP contribution >= 0.6 is 0 Å². The number of methoxy groups -OCH3 is 1. The monoisotopic (exact) mass is 282 g/mol. The van der Waals surface area contributed by atoms with E-state index in [0.29, 0.717) is 5.56 Å². The number of carbonyl (C=O) groups is 2. The Hall–Kier alpha value is -2.22. The minimum absolute atomic E-state index is 0.0506. The number of hydrogen-bond donors (Lipinski definition) is 2. The molecule has 8 nitrogen and oxygen atoms in total. The van der Waals surface area contributed by atoms with E-state index in [0.717, 1.165) is 0 Å². The number of rotatable bonds is 5. The average molecular weight is 282 g/mol. The Morgan fingerprint density at radius 1 is 1.35 bits per heavy atom. The number of nitrogens with two attached hydrogens (primary N) is 2. The van der Waals surface area contributed by atoms with E-state index in [4.69, 9.17) is 16.2 Å². The number of aromatic nitrogens is 2. The van der Waals surface area contributed by atoms with E-state index < -0.39 is 18.0 Å². The number of nitrogen functional groups attached to an aromatic ring is 1. The molecule has 0 unspecified atom stereocenters. The van der Waals surface area contributed by atoms with Gasteiger partial charge in [0.05, 0.1) is 26.2 Å². The number of nitrogens with zero attached hydrogens (tertiary/aromatic N) is 2. The van der Waals surface area contributed by atoms with Crippen molar-refractivity contribution >= 4 is 17.8 Å². The van der Waals surface area contributed by atoms with Crippen LogP contribution in [0.4, 0.5) is 5.82 Å². The standard InChI is InChI=1S/C12H18N4O4/c1-4-20-12(18)9-6(2)10(14)16-11(15-9)7(13)5-8(17)19-3/h7H,4-5,13H2,1-3H3,(H2,14,15,16)/t7-/m1/s1. The molecule has 1 atom stereocenters. The van der Waals surface area contributed by atoms with Gasteiger partial charge in [0.1, 0.15) is 11.6 Å². The Kier molecular flexibility index (Phi) is 5.39. The van der Waals surface area contributed by atoms with Gasteiger partial charge in [-0.1, -0.05) is 0 Å². The summed E-state index contributed by atoms with van der Waals surface area (Å²) in [6.45, 7) is 3.50. The largest absolute Gasteiger partial charge is 0.469 e. The second-order valence-electron chi connectivity index (χ2n) is 4.05. The molecule has 4 N–H and O–H groups in total. The van der Waals surface area contributed by atoms with Crippen LogP contribution in [0.1, 0.15) is 41.3 Å². The molecule has 0 aliphatic heterocycles. The van der Waals surface area contributed by atoms with Gasteiger partial charge in [0, 0.05) is 5.56 Å². The zero-order chi connectivity index (χ0) is 15.3. The molecule has 0 aromatic carbocycles. The normalized spacial score (nSPS) is 11.8. The molecule has 0 fully saturated rings. The highest BCUT2D eigenvalue weighted by molar-refractivity contribution is 5.90. The van der Waals surface area contributed by atoms with Gasteiger partial charge in [0.25, 0.3) is 0 Å². The van der Waals surface area contributed by atoms with Gasteiger partial charge in [0.2, 0.25) is 0 Å². The van der Waals surface area contributed by atoms with Gasteiger partial charge in [-0.15, -0.1) is 0 Å². The van der Waals surface area contributed by atoms with Gasteiger partial charge in [-0.3, -0.25) is 4.79 Å². The molecule has 0 saturated heterocycles. The van der Waals surface area contributed by atoms with Crippen molar-refractivity contribution in [1.82, 2.24) is 9.97 Å². The van der Waals surface area contributed by atoms with Crippen molar-refractivity contribution in [3.63, 3.8) is 0 Å². The SMILES string of the molecule is CCOC(=O)c1nc([C@H](N)CC(=O)OC)nc(N)c1C. The van der Waals surface area contributed by atoms with Crippen molar-refractivity contribution in [2.75, 3.05) is 19.5 Å².